The summed E-state index contributed by atoms with van der Waals surface area (Å²) in [7, 11) is 1.70. The second kappa shape index (κ2) is 14.4. The fourth-order valence-corrected chi connectivity index (χ4v) is 1.95. The molecule has 0 aromatic rings. The van der Waals surface area contributed by atoms with Gasteiger partial charge in [0, 0.05) is 6.54 Å². The number of hydrogen-bond donors (Lipinski definition) is 5. The molecule has 0 aromatic heterocycles. The SMILES string of the molecule is CC=O.CNC(C(=O)NC(C)C(=O)NCCCC(N)C(=O)O)C(C)C. The zero-order chi connectivity index (χ0) is 20.0. The van der Waals surface area contributed by atoms with Crippen molar-refractivity contribution in [3.05, 3.63) is 0 Å². The van der Waals surface area contributed by atoms with Gasteiger partial charge in [-0.05, 0) is 39.7 Å². The quantitative estimate of drug-likeness (QED) is 0.254. The van der Waals surface area contributed by atoms with Crippen molar-refractivity contribution in [1.82, 2.24) is 16.0 Å². The Labute approximate surface area is 149 Å². The van der Waals surface area contributed by atoms with Crippen LogP contribution in [0.3, 0.4) is 0 Å². The van der Waals surface area contributed by atoms with E-state index in [0.29, 0.717) is 13.0 Å². The highest BCUT2D eigenvalue weighted by atomic mass is 16.4. The van der Waals surface area contributed by atoms with E-state index in [0.717, 1.165) is 6.29 Å². The second-order valence-corrected chi connectivity index (χ2v) is 5.85. The van der Waals surface area contributed by atoms with E-state index in [4.69, 9.17) is 15.6 Å². The smallest absolute Gasteiger partial charge is 0.320 e. The van der Waals surface area contributed by atoms with Crippen molar-refractivity contribution in [1.29, 1.82) is 0 Å². The monoisotopic (exact) mass is 360 g/mol. The van der Waals surface area contributed by atoms with Crippen molar-refractivity contribution in [2.75, 3.05) is 13.6 Å². The first-order chi connectivity index (χ1) is 11.6. The van der Waals surface area contributed by atoms with E-state index in [2.05, 4.69) is 16.0 Å². The lowest BCUT2D eigenvalue weighted by Gasteiger charge is -2.22. The van der Waals surface area contributed by atoms with Crippen LogP contribution >= 0.6 is 0 Å². The Morgan fingerprint density at radius 2 is 1.68 bits per heavy atom. The highest BCUT2D eigenvalue weighted by Crippen LogP contribution is 2.01. The molecule has 0 spiro atoms. The molecule has 0 rings (SSSR count). The summed E-state index contributed by atoms with van der Waals surface area (Å²) in [6, 6.07) is -1.93. The Morgan fingerprint density at radius 3 is 2.08 bits per heavy atom. The first-order valence-corrected chi connectivity index (χ1v) is 8.25. The molecule has 25 heavy (non-hydrogen) atoms. The molecule has 9 nitrogen and oxygen atoms in total. The molecule has 0 bridgehead atoms. The molecule has 2 amide bonds. The molecule has 0 fully saturated rings. The molecule has 0 saturated heterocycles. The summed E-state index contributed by atoms with van der Waals surface area (Å²) in [5, 5.41) is 16.8. The summed E-state index contributed by atoms with van der Waals surface area (Å²) < 4.78 is 0. The fraction of sp³-hybridized carbons (Fsp3) is 0.750. The van der Waals surface area contributed by atoms with Crippen LogP contribution in [0.1, 0.15) is 40.5 Å². The maximum Gasteiger partial charge on any atom is 0.320 e. The number of rotatable bonds is 10. The number of carbonyl (C=O) groups excluding carboxylic acids is 3. The van der Waals surface area contributed by atoms with Gasteiger partial charge in [-0.3, -0.25) is 14.4 Å². The number of carboxylic acids is 1. The molecule has 0 saturated carbocycles. The van der Waals surface area contributed by atoms with Gasteiger partial charge in [0.25, 0.3) is 0 Å². The number of nitrogens with one attached hydrogen (secondary N) is 3. The first-order valence-electron chi connectivity index (χ1n) is 8.25. The van der Waals surface area contributed by atoms with Gasteiger partial charge in [-0.15, -0.1) is 0 Å². The van der Waals surface area contributed by atoms with E-state index in [9.17, 15) is 14.4 Å². The summed E-state index contributed by atoms with van der Waals surface area (Å²) in [4.78, 5) is 43.2. The normalized spacial score (nSPS) is 13.7. The second-order valence-electron chi connectivity index (χ2n) is 5.85. The largest absolute Gasteiger partial charge is 0.480 e. The number of hydrogen-bond acceptors (Lipinski definition) is 6. The van der Waals surface area contributed by atoms with Crippen molar-refractivity contribution >= 4 is 24.1 Å². The van der Waals surface area contributed by atoms with E-state index in [1.54, 1.807) is 14.0 Å². The topological polar surface area (TPSA) is 151 Å². The van der Waals surface area contributed by atoms with Crippen molar-refractivity contribution < 1.29 is 24.3 Å². The van der Waals surface area contributed by atoms with E-state index < -0.39 is 18.1 Å². The highest BCUT2D eigenvalue weighted by Gasteiger charge is 2.23. The zero-order valence-electron chi connectivity index (χ0n) is 15.7. The van der Waals surface area contributed by atoms with Crippen LogP contribution in [-0.2, 0) is 19.2 Å². The number of amides is 2. The third-order valence-corrected chi connectivity index (χ3v) is 3.32. The third-order valence-electron chi connectivity index (χ3n) is 3.32. The molecule has 0 aromatic carbocycles. The minimum atomic E-state index is -1.06. The molecule has 6 N–H and O–H groups in total. The number of likely N-dealkylation sites (N-methyl/N-ethyl adjacent to an activating group) is 1. The molecule has 0 aliphatic heterocycles. The van der Waals surface area contributed by atoms with Crippen LogP contribution in [0.25, 0.3) is 0 Å². The van der Waals surface area contributed by atoms with Crippen LogP contribution in [0.5, 0.6) is 0 Å². The number of aldehydes is 1. The highest BCUT2D eigenvalue weighted by molar-refractivity contribution is 5.89. The zero-order valence-corrected chi connectivity index (χ0v) is 15.7. The minimum Gasteiger partial charge on any atom is -0.480 e. The number of carboxylic acid groups (broad SMARTS) is 1. The third kappa shape index (κ3) is 12.1. The number of nitrogens with two attached hydrogens (primary N) is 1. The van der Waals surface area contributed by atoms with Crippen LogP contribution in [0.4, 0.5) is 0 Å². The summed E-state index contributed by atoms with van der Waals surface area (Å²) in [6.07, 6.45) is 1.50. The van der Waals surface area contributed by atoms with Gasteiger partial charge in [-0.25, -0.2) is 0 Å². The van der Waals surface area contributed by atoms with Gasteiger partial charge in [0.2, 0.25) is 11.8 Å². The average molecular weight is 360 g/mol. The molecule has 3 unspecified atom stereocenters. The van der Waals surface area contributed by atoms with Gasteiger partial charge in [0.15, 0.2) is 0 Å². The maximum atomic E-state index is 12.0. The van der Waals surface area contributed by atoms with Crippen LogP contribution in [0, 0.1) is 5.92 Å². The van der Waals surface area contributed by atoms with E-state index in [1.165, 1.54) is 6.92 Å². The molecule has 0 aliphatic carbocycles. The van der Waals surface area contributed by atoms with Crippen LogP contribution in [-0.4, -0.2) is 60.9 Å². The molecule has 9 heteroatoms. The maximum absolute atomic E-state index is 12.0. The summed E-state index contributed by atoms with van der Waals surface area (Å²) in [5.41, 5.74) is 5.36. The van der Waals surface area contributed by atoms with Crippen molar-refractivity contribution in [2.24, 2.45) is 11.7 Å². The predicted molar refractivity (Wildman–Crippen MR) is 94.9 cm³/mol. The molecule has 3 atom stereocenters. The Bertz CT molecular complexity index is 429. The Balaban J connectivity index is 0. The lowest BCUT2D eigenvalue weighted by molar-refractivity contribution is -0.138. The molecule has 146 valence electrons. The van der Waals surface area contributed by atoms with Gasteiger partial charge in [0.05, 0.1) is 6.04 Å². The van der Waals surface area contributed by atoms with E-state index in [-0.39, 0.29) is 30.2 Å². The van der Waals surface area contributed by atoms with Crippen molar-refractivity contribution in [3.8, 4) is 0 Å². The summed E-state index contributed by atoms with van der Waals surface area (Å²) >= 11 is 0. The van der Waals surface area contributed by atoms with Gasteiger partial charge >= 0.3 is 5.97 Å². The lowest BCUT2D eigenvalue weighted by Crippen LogP contribution is -2.52. The standard InChI is InChI=1S/C14H28N4O4.C2H4O/c1-8(2)11(16-4)13(20)18-9(3)12(19)17-7-5-6-10(15)14(21)22;1-2-3/h8-11,16H,5-7,15H2,1-4H3,(H,17,19)(H,18,20)(H,21,22);2H,1H3. The molecule has 0 radical (unpaired) electrons. The van der Waals surface area contributed by atoms with Crippen molar-refractivity contribution in [3.63, 3.8) is 0 Å². The van der Waals surface area contributed by atoms with Crippen molar-refractivity contribution in [2.45, 2.75) is 58.7 Å². The molecular formula is C16H32N4O5. The van der Waals surface area contributed by atoms with Gasteiger partial charge in [-0.1, -0.05) is 13.8 Å². The Kier molecular flexibility index (Phi) is 14.5. The van der Waals surface area contributed by atoms with E-state index in [1.807, 2.05) is 13.8 Å². The number of carbonyl (C=O) groups is 4. The van der Waals surface area contributed by atoms with Crippen LogP contribution < -0.4 is 21.7 Å². The minimum absolute atomic E-state index is 0.109. The predicted octanol–water partition coefficient (Wildman–Crippen LogP) is -0.751. The van der Waals surface area contributed by atoms with Gasteiger partial charge in [0.1, 0.15) is 18.4 Å². The first kappa shape index (κ1) is 25.2. The Morgan fingerprint density at radius 1 is 1.16 bits per heavy atom. The van der Waals surface area contributed by atoms with Gasteiger partial charge < -0.3 is 31.6 Å². The molecule has 0 heterocycles. The number of aliphatic carboxylic acids is 1. The van der Waals surface area contributed by atoms with Gasteiger partial charge in [-0.2, -0.15) is 0 Å². The Hall–Kier alpha value is -2.00. The van der Waals surface area contributed by atoms with Crippen LogP contribution in [0.15, 0.2) is 0 Å². The fourth-order valence-electron chi connectivity index (χ4n) is 1.95. The average Bonchev–Trinajstić information content (AvgIpc) is 2.51. The summed E-state index contributed by atoms with van der Waals surface area (Å²) in [6.45, 7) is 7.19. The van der Waals surface area contributed by atoms with Crippen LogP contribution in [0.2, 0.25) is 0 Å². The summed E-state index contributed by atoms with van der Waals surface area (Å²) in [5.74, 6) is -1.49. The molecular weight excluding hydrogens is 328 g/mol. The molecule has 0 aliphatic rings. The van der Waals surface area contributed by atoms with E-state index >= 15 is 0 Å². The lowest BCUT2D eigenvalue weighted by atomic mass is 10.0.